The van der Waals surface area contributed by atoms with Crippen molar-refractivity contribution in [2.24, 2.45) is 0 Å². The molecule has 0 radical (unpaired) electrons. The molecule has 0 heterocycles. The van der Waals surface area contributed by atoms with Crippen LogP contribution in [0.3, 0.4) is 0 Å². The predicted octanol–water partition coefficient (Wildman–Crippen LogP) is 23.2. The molecule has 0 N–H and O–H groups in total. The molecule has 1 unspecified atom stereocenters. The lowest BCUT2D eigenvalue weighted by atomic mass is 10.0. The first-order chi connectivity index (χ1) is 39.0. The normalized spacial score (nSPS) is 12.7. The molecule has 6 nitrogen and oxygen atoms in total. The maximum Gasteiger partial charge on any atom is 0.306 e. The summed E-state index contributed by atoms with van der Waals surface area (Å²) in [6.07, 6.45) is 90.1. The Morgan fingerprint density at radius 1 is 0.266 bits per heavy atom. The Bertz CT molecular complexity index is 1540. The maximum absolute atomic E-state index is 12.9. The number of hydrogen-bond acceptors (Lipinski definition) is 6. The van der Waals surface area contributed by atoms with Gasteiger partial charge in [0.25, 0.3) is 0 Å². The van der Waals surface area contributed by atoms with Crippen molar-refractivity contribution in [2.45, 2.75) is 335 Å². The number of ether oxygens (including phenoxy) is 3. The van der Waals surface area contributed by atoms with E-state index in [-0.39, 0.29) is 37.5 Å². The van der Waals surface area contributed by atoms with Crippen LogP contribution in [0.2, 0.25) is 0 Å². The van der Waals surface area contributed by atoms with Crippen molar-refractivity contribution in [3.05, 3.63) is 97.2 Å². The molecule has 0 aromatic rings. The molecule has 0 aliphatic heterocycles. The topological polar surface area (TPSA) is 78.9 Å². The minimum atomic E-state index is -0.809. The lowest BCUT2D eigenvalue weighted by Crippen LogP contribution is -2.30. The Balaban J connectivity index is 4.33. The highest BCUT2D eigenvalue weighted by molar-refractivity contribution is 5.71. The molecular weight excluding hydrogens is 973 g/mol. The van der Waals surface area contributed by atoms with Gasteiger partial charge in [0.15, 0.2) is 6.10 Å². The lowest BCUT2D eigenvalue weighted by Gasteiger charge is -2.18. The SMILES string of the molecule is CC/C=C\C/C=C\C/C=C\C/C=C\CCC(=O)OCC(COC(=O)CCCCCCCCCCCCCCC/C=C\C/C=C\CCCCCCC)OC(=O)CCCCCCCCCCCCC/C=C\C/C=C\CCCCCCC. The summed E-state index contributed by atoms with van der Waals surface area (Å²) in [6.45, 7) is 6.47. The molecule has 0 aliphatic carbocycles. The van der Waals surface area contributed by atoms with Crippen molar-refractivity contribution in [2.75, 3.05) is 13.2 Å². The fraction of sp³-hybridized carbons (Fsp3) is 0.740. The van der Waals surface area contributed by atoms with Gasteiger partial charge < -0.3 is 14.2 Å². The van der Waals surface area contributed by atoms with Crippen LogP contribution < -0.4 is 0 Å². The molecule has 0 fully saturated rings. The molecule has 0 rings (SSSR count). The fourth-order valence-corrected chi connectivity index (χ4v) is 9.52. The van der Waals surface area contributed by atoms with E-state index in [0.717, 1.165) is 77.0 Å². The smallest absolute Gasteiger partial charge is 0.306 e. The van der Waals surface area contributed by atoms with Crippen molar-refractivity contribution in [3.8, 4) is 0 Å². The van der Waals surface area contributed by atoms with Gasteiger partial charge in [-0.15, -0.1) is 0 Å². The molecule has 0 aliphatic rings. The number of carbonyl (C=O) groups is 3. The third-order valence-electron chi connectivity index (χ3n) is 14.6. The van der Waals surface area contributed by atoms with E-state index in [4.69, 9.17) is 14.2 Å². The maximum atomic E-state index is 12.9. The summed E-state index contributed by atoms with van der Waals surface area (Å²) in [5.74, 6) is -0.976. The van der Waals surface area contributed by atoms with E-state index < -0.39 is 6.10 Å². The summed E-state index contributed by atoms with van der Waals surface area (Å²) < 4.78 is 16.9. The summed E-state index contributed by atoms with van der Waals surface area (Å²) in [4.78, 5) is 38.3. The fourth-order valence-electron chi connectivity index (χ4n) is 9.52. The van der Waals surface area contributed by atoms with Crippen LogP contribution in [-0.2, 0) is 28.6 Å². The molecule has 79 heavy (non-hydrogen) atoms. The van der Waals surface area contributed by atoms with Gasteiger partial charge in [0.1, 0.15) is 13.2 Å². The van der Waals surface area contributed by atoms with Crippen LogP contribution in [-0.4, -0.2) is 37.2 Å². The van der Waals surface area contributed by atoms with Crippen molar-refractivity contribution in [1.82, 2.24) is 0 Å². The molecule has 454 valence electrons. The van der Waals surface area contributed by atoms with Gasteiger partial charge in [-0.05, 0) is 109 Å². The van der Waals surface area contributed by atoms with E-state index in [2.05, 4.69) is 112 Å². The number of unbranched alkanes of at least 4 members (excludes halogenated alkanes) is 34. The second kappa shape index (κ2) is 66.8. The highest BCUT2D eigenvalue weighted by Crippen LogP contribution is 2.17. The monoisotopic (exact) mass is 1100 g/mol. The Kier molecular flexibility index (Phi) is 63.7. The van der Waals surface area contributed by atoms with Crippen molar-refractivity contribution in [3.63, 3.8) is 0 Å². The number of allylic oxidation sites excluding steroid dienone is 16. The Labute approximate surface area is 489 Å². The molecule has 0 saturated carbocycles. The van der Waals surface area contributed by atoms with Crippen LogP contribution in [0.25, 0.3) is 0 Å². The molecule has 0 amide bonds. The van der Waals surface area contributed by atoms with E-state index in [1.165, 1.54) is 205 Å². The molecular formula is C73H126O6. The van der Waals surface area contributed by atoms with Gasteiger partial charge in [-0.3, -0.25) is 14.4 Å². The average molecular weight is 1100 g/mol. The molecule has 1 atom stereocenters. The molecule has 0 bridgehead atoms. The highest BCUT2D eigenvalue weighted by atomic mass is 16.6. The molecule has 0 spiro atoms. The highest BCUT2D eigenvalue weighted by Gasteiger charge is 2.19. The van der Waals surface area contributed by atoms with Gasteiger partial charge in [-0.2, -0.15) is 0 Å². The van der Waals surface area contributed by atoms with Crippen LogP contribution in [0.5, 0.6) is 0 Å². The molecule has 6 heteroatoms. The van der Waals surface area contributed by atoms with Gasteiger partial charge in [-0.25, -0.2) is 0 Å². The van der Waals surface area contributed by atoms with E-state index in [1.807, 2.05) is 6.08 Å². The van der Waals surface area contributed by atoms with Gasteiger partial charge in [0.2, 0.25) is 0 Å². The first-order valence-corrected chi connectivity index (χ1v) is 33.7. The Morgan fingerprint density at radius 3 is 0.848 bits per heavy atom. The van der Waals surface area contributed by atoms with Crippen LogP contribution in [0.15, 0.2) is 97.2 Å². The first kappa shape index (κ1) is 75.3. The van der Waals surface area contributed by atoms with E-state index >= 15 is 0 Å². The van der Waals surface area contributed by atoms with Gasteiger partial charge in [0.05, 0.1) is 0 Å². The number of carbonyl (C=O) groups excluding carboxylic acids is 3. The number of rotatable bonds is 61. The molecule has 0 aromatic carbocycles. The predicted molar refractivity (Wildman–Crippen MR) is 344 cm³/mol. The molecule has 0 aromatic heterocycles. The third kappa shape index (κ3) is 65.0. The minimum absolute atomic E-state index is 0.0994. The lowest BCUT2D eigenvalue weighted by molar-refractivity contribution is -0.166. The zero-order chi connectivity index (χ0) is 57.1. The number of esters is 3. The van der Waals surface area contributed by atoms with Crippen LogP contribution >= 0.6 is 0 Å². The Morgan fingerprint density at radius 2 is 0.519 bits per heavy atom. The van der Waals surface area contributed by atoms with E-state index in [1.54, 1.807) is 0 Å². The average Bonchev–Trinajstić information content (AvgIpc) is 3.45. The summed E-state index contributed by atoms with van der Waals surface area (Å²) in [5, 5.41) is 0. The Hall–Kier alpha value is -3.67. The largest absolute Gasteiger partial charge is 0.462 e. The van der Waals surface area contributed by atoms with E-state index in [9.17, 15) is 14.4 Å². The summed E-state index contributed by atoms with van der Waals surface area (Å²) >= 11 is 0. The second-order valence-electron chi connectivity index (χ2n) is 22.3. The summed E-state index contributed by atoms with van der Waals surface area (Å²) in [6, 6.07) is 0. The summed E-state index contributed by atoms with van der Waals surface area (Å²) in [5.41, 5.74) is 0. The summed E-state index contributed by atoms with van der Waals surface area (Å²) in [7, 11) is 0. The zero-order valence-corrected chi connectivity index (χ0v) is 52.1. The molecule has 0 saturated heterocycles. The standard InChI is InChI=1S/C73H126O6/c1-4-7-10-13-16-19-22-25-27-29-31-33-35-36-38-39-41-43-45-48-51-54-57-60-63-66-72(75)78-69-70(68-77-71(74)65-62-59-56-53-50-47-24-21-18-15-12-9-6-3)79-73(76)67-64-61-58-55-52-49-46-44-42-40-37-34-32-30-28-26-23-20-17-14-11-8-5-2/h9,12,18,21-23,25-26,29-32,47,50,56,59,70H,4-8,10-11,13-17,19-20,24,27-28,33-46,48-49,51-55,57-58,60-69H2,1-3H3/b12-9-,21-18-,25-22-,26-23-,31-29-,32-30-,50-47-,59-56-. The van der Waals surface area contributed by atoms with E-state index in [0.29, 0.717) is 19.3 Å². The quantitative estimate of drug-likeness (QED) is 0.0261. The van der Waals surface area contributed by atoms with Crippen molar-refractivity contribution in [1.29, 1.82) is 0 Å². The van der Waals surface area contributed by atoms with Crippen molar-refractivity contribution >= 4 is 17.9 Å². The first-order valence-electron chi connectivity index (χ1n) is 33.7. The minimum Gasteiger partial charge on any atom is -0.462 e. The second-order valence-corrected chi connectivity index (χ2v) is 22.3. The zero-order valence-electron chi connectivity index (χ0n) is 52.1. The van der Waals surface area contributed by atoms with Gasteiger partial charge >= 0.3 is 17.9 Å². The van der Waals surface area contributed by atoms with Crippen molar-refractivity contribution < 1.29 is 28.6 Å². The van der Waals surface area contributed by atoms with Crippen LogP contribution in [0.4, 0.5) is 0 Å². The van der Waals surface area contributed by atoms with Crippen LogP contribution in [0.1, 0.15) is 329 Å². The third-order valence-corrected chi connectivity index (χ3v) is 14.6. The van der Waals surface area contributed by atoms with Crippen LogP contribution in [0, 0.1) is 0 Å². The van der Waals surface area contributed by atoms with Gasteiger partial charge in [-0.1, -0.05) is 298 Å². The van der Waals surface area contributed by atoms with Gasteiger partial charge in [0, 0.05) is 19.3 Å². The number of hydrogen-bond donors (Lipinski definition) is 0.